The highest BCUT2D eigenvalue weighted by molar-refractivity contribution is 6.00. The molecule has 0 bridgehead atoms. The molecule has 11 heteroatoms. The molecule has 33 heavy (non-hydrogen) atoms. The number of nitrogens with zero attached hydrogens (tertiary/aromatic N) is 1. The zero-order valence-corrected chi connectivity index (χ0v) is 17.9. The molecule has 3 rings (SSSR count). The molecule has 1 unspecified atom stereocenters. The minimum absolute atomic E-state index is 0.0630. The first-order valence-electron chi connectivity index (χ1n) is 10.0. The second-order valence-electron chi connectivity index (χ2n) is 7.25. The van der Waals surface area contributed by atoms with Gasteiger partial charge in [0.2, 0.25) is 0 Å². The van der Waals surface area contributed by atoms with Gasteiger partial charge in [0.1, 0.15) is 17.1 Å². The van der Waals surface area contributed by atoms with E-state index in [1.54, 1.807) is 4.90 Å². The van der Waals surface area contributed by atoms with Crippen molar-refractivity contribution in [2.24, 2.45) is 0 Å². The van der Waals surface area contributed by atoms with Gasteiger partial charge in [0.05, 0.1) is 37.3 Å². The first-order valence-corrected chi connectivity index (χ1v) is 10.0. The molecule has 0 saturated carbocycles. The predicted molar refractivity (Wildman–Crippen MR) is 113 cm³/mol. The number of alkyl halides is 3. The topological polar surface area (TPSA) is 97.3 Å². The van der Waals surface area contributed by atoms with Crippen LogP contribution in [0.2, 0.25) is 0 Å². The summed E-state index contributed by atoms with van der Waals surface area (Å²) < 4.78 is 55.0. The number of carbonyl (C=O) groups is 2. The lowest BCUT2D eigenvalue weighted by Gasteiger charge is -2.31. The molecule has 1 fully saturated rings. The number of morpholine rings is 1. The van der Waals surface area contributed by atoms with Gasteiger partial charge in [0.25, 0.3) is 5.91 Å². The third-order valence-electron chi connectivity index (χ3n) is 5.01. The number of phenols is 1. The quantitative estimate of drug-likeness (QED) is 0.627. The van der Waals surface area contributed by atoms with Crippen LogP contribution in [0.3, 0.4) is 0 Å². The number of ether oxygens (including phenoxy) is 3. The van der Waals surface area contributed by atoms with Crippen molar-refractivity contribution in [1.82, 2.24) is 0 Å². The molecule has 1 amide bonds. The average Bonchev–Trinajstić information content (AvgIpc) is 2.78. The van der Waals surface area contributed by atoms with Crippen LogP contribution in [0.25, 0.3) is 0 Å². The number of rotatable bonds is 6. The van der Waals surface area contributed by atoms with Crippen molar-refractivity contribution in [3.63, 3.8) is 0 Å². The number of phenolic OH excluding ortho intramolecular Hbond substituents is 1. The molecule has 2 aromatic rings. The monoisotopic (exact) mass is 468 g/mol. The number of esters is 1. The third-order valence-corrected chi connectivity index (χ3v) is 5.01. The molecule has 0 radical (unpaired) electrons. The van der Waals surface area contributed by atoms with Crippen molar-refractivity contribution in [2.45, 2.75) is 19.2 Å². The molecule has 0 aromatic heterocycles. The number of benzene rings is 2. The van der Waals surface area contributed by atoms with Crippen LogP contribution in [0.4, 0.5) is 24.5 Å². The summed E-state index contributed by atoms with van der Waals surface area (Å²) >= 11 is 0. The summed E-state index contributed by atoms with van der Waals surface area (Å²) in [6.07, 6.45) is -5.96. The van der Waals surface area contributed by atoms with E-state index in [0.29, 0.717) is 37.7 Å². The summed E-state index contributed by atoms with van der Waals surface area (Å²) in [6.45, 7) is 2.95. The van der Waals surface area contributed by atoms with Gasteiger partial charge in [0, 0.05) is 19.2 Å². The van der Waals surface area contributed by atoms with Gasteiger partial charge < -0.3 is 29.5 Å². The van der Waals surface area contributed by atoms with E-state index in [-0.39, 0.29) is 11.3 Å². The number of anilines is 2. The number of hydrogen-bond acceptors (Lipinski definition) is 7. The second kappa shape index (κ2) is 9.99. The van der Waals surface area contributed by atoms with E-state index >= 15 is 0 Å². The standard InChI is InChI=1S/C22H23F3N2O6/c1-13(33-21(30)16-5-4-15(31-2)12-19(16)28)20(29)26-17-11-14(22(23,24)25)3-6-18(17)27-7-9-32-10-8-27/h3-6,11-13,28H,7-10H2,1-2H3,(H,26,29). The Hall–Kier alpha value is -3.47. The Morgan fingerprint density at radius 2 is 1.85 bits per heavy atom. The van der Waals surface area contributed by atoms with Gasteiger partial charge in [-0.25, -0.2) is 4.79 Å². The van der Waals surface area contributed by atoms with Crippen molar-refractivity contribution in [2.75, 3.05) is 43.6 Å². The molecular formula is C22H23F3N2O6. The lowest BCUT2D eigenvalue weighted by molar-refractivity contribution is -0.137. The Morgan fingerprint density at radius 3 is 2.45 bits per heavy atom. The molecule has 1 atom stereocenters. The van der Waals surface area contributed by atoms with Gasteiger partial charge in [-0.05, 0) is 37.3 Å². The van der Waals surface area contributed by atoms with E-state index in [2.05, 4.69) is 5.32 Å². The van der Waals surface area contributed by atoms with Crippen LogP contribution < -0.4 is 15.0 Å². The lowest BCUT2D eigenvalue weighted by Crippen LogP contribution is -2.37. The SMILES string of the molecule is COc1ccc(C(=O)OC(C)C(=O)Nc2cc(C(F)(F)F)ccc2N2CCOCC2)c(O)c1. The Kier molecular flexibility index (Phi) is 7.32. The van der Waals surface area contributed by atoms with Crippen LogP contribution in [0.1, 0.15) is 22.8 Å². The normalized spacial score (nSPS) is 15.0. The molecule has 0 aliphatic carbocycles. The van der Waals surface area contributed by atoms with E-state index in [1.807, 2.05) is 0 Å². The maximum absolute atomic E-state index is 13.2. The van der Waals surface area contributed by atoms with Gasteiger partial charge in [-0.3, -0.25) is 4.79 Å². The first kappa shape index (κ1) is 24.2. The molecule has 178 valence electrons. The van der Waals surface area contributed by atoms with E-state index < -0.39 is 35.5 Å². The van der Waals surface area contributed by atoms with Crippen LogP contribution in [0, 0.1) is 0 Å². The molecule has 1 heterocycles. The Labute approximate surface area is 187 Å². The van der Waals surface area contributed by atoms with Crippen LogP contribution in [-0.4, -0.2) is 56.5 Å². The number of amides is 1. The summed E-state index contributed by atoms with van der Waals surface area (Å²) in [7, 11) is 1.39. The largest absolute Gasteiger partial charge is 0.507 e. The van der Waals surface area contributed by atoms with Crippen molar-refractivity contribution in [1.29, 1.82) is 0 Å². The number of carbonyl (C=O) groups excluding carboxylic acids is 2. The Balaban J connectivity index is 1.78. The highest BCUT2D eigenvalue weighted by Crippen LogP contribution is 2.36. The summed E-state index contributed by atoms with van der Waals surface area (Å²) in [5.41, 5.74) is -0.788. The molecular weight excluding hydrogens is 445 g/mol. The van der Waals surface area contributed by atoms with Crippen LogP contribution in [-0.2, 0) is 20.4 Å². The van der Waals surface area contributed by atoms with Crippen molar-refractivity contribution in [3.05, 3.63) is 47.5 Å². The number of aromatic hydroxyl groups is 1. The van der Waals surface area contributed by atoms with Crippen LogP contribution >= 0.6 is 0 Å². The molecule has 1 saturated heterocycles. The summed E-state index contributed by atoms with van der Waals surface area (Å²) in [5.74, 6) is -1.89. The maximum Gasteiger partial charge on any atom is 0.416 e. The average molecular weight is 468 g/mol. The zero-order valence-electron chi connectivity index (χ0n) is 17.9. The van der Waals surface area contributed by atoms with Gasteiger partial charge in [-0.15, -0.1) is 0 Å². The van der Waals surface area contributed by atoms with Gasteiger partial charge in [0.15, 0.2) is 6.10 Å². The molecule has 1 aliphatic heterocycles. The summed E-state index contributed by atoms with van der Waals surface area (Å²) in [6, 6.07) is 6.97. The Bertz CT molecular complexity index is 1020. The minimum Gasteiger partial charge on any atom is -0.507 e. The molecule has 8 nitrogen and oxygen atoms in total. The fourth-order valence-corrected chi connectivity index (χ4v) is 3.22. The highest BCUT2D eigenvalue weighted by atomic mass is 19.4. The number of hydrogen-bond donors (Lipinski definition) is 2. The van der Waals surface area contributed by atoms with E-state index in [9.17, 15) is 27.9 Å². The predicted octanol–water partition coefficient (Wildman–Crippen LogP) is 3.44. The van der Waals surface area contributed by atoms with E-state index in [1.165, 1.54) is 38.3 Å². The van der Waals surface area contributed by atoms with Crippen molar-refractivity contribution < 1.29 is 42.1 Å². The van der Waals surface area contributed by atoms with Crippen molar-refractivity contribution in [3.8, 4) is 11.5 Å². The van der Waals surface area contributed by atoms with E-state index in [4.69, 9.17) is 14.2 Å². The fourth-order valence-electron chi connectivity index (χ4n) is 3.22. The second-order valence-corrected chi connectivity index (χ2v) is 7.25. The Morgan fingerprint density at radius 1 is 1.15 bits per heavy atom. The van der Waals surface area contributed by atoms with Gasteiger partial charge in [-0.2, -0.15) is 13.2 Å². The zero-order chi connectivity index (χ0) is 24.2. The van der Waals surface area contributed by atoms with E-state index in [0.717, 1.165) is 12.1 Å². The summed E-state index contributed by atoms with van der Waals surface area (Å²) in [5, 5.41) is 12.4. The van der Waals surface area contributed by atoms with Gasteiger partial charge >= 0.3 is 12.1 Å². The first-order chi connectivity index (χ1) is 15.6. The number of methoxy groups -OCH3 is 1. The van der Waals surface area contributed by atoms with Crippen LogP contribution in [0.15, 0.2) is 36.4 Å². The van der Waals surface area contributed by atoms with Crippen LogP contribution in [0.5, 0.6) is 11.5 Å². The highest BCUT2D eigenvalue weighted by Gasteiger charge is 2.32. The van der Waals surface area contributed by atoms with Crippen molar-refractivity contribution >= 4 is 23.3 Å². The molecule has 1 aliphatic rings. The lowest BCUT2D eigenvalue weighted by atomic mass is 10.1. The maximum atomic E-state index is 13.2. The fraction of sp³-hybridized carbons (Fsp3) is 0.364. The molecule has 2 N–H and O–H groups in total. The molecule has 0 spiro atoms. The summed E-state index contributed by atoms with van der Waals surface area (Å²) in [4.78, 5) is 26.8. The number of halogens is 3. The smallest absolute Gasteiger partial charge is 0.416 e. The third kappa shape index (κ3) is 5.86. The van der Waals surface area contributed by atoms with Gasteiger partial charge in [-0.1, -0.05) is 0 Å². The number of nitrogens with one attached hydrogen (secondary N) is 1. The minimum atomic E-state index is -4.60. The molecule has 2 aromatic carbocycles.